The molecule has 0 atom stereocenters. The third-order valence-corrected chi connectivity index (χ3v) is 4.60. The number of rotatable bonds is 4. The van der Waals surface area contributed by atoms with Crippen LogP contribution in [0.3, 0.4) is 0 Å². The lowest BCUT2D eigenvalue weighted by Crippen LogP contribution is -2.34. The van der Waals surface area contributed by atoms with E-state index in [1.807, 2.05) is 30.3 Å². The summed E-state index contributed by atoms with van der Waals surface area (Å²) in [6.45, 7) is 1.77. The lowest BCUT2D eigenvalue weighted by atomic mass is 10.1. The maximum atomic E-state index is 13.3. The minimum Gasteiger partial charge on any atom is -0.504 e. The van der Waals surface area contributed by atoms with Crippen molar-refractivity contribution in [2.75, 3.05) is 12.0 Å². The number of methoxy groups -OCH3 is 1. The lowest BCUT2D eigenvalue weighted by Gasteiger charge is -2.16. The average molecular weight is 421 g/mol. The summed E-state index contributed by atoms with van der Waals surface area (Å²) in [6, 6.07) is 15.7. The zero-order valence-electron chi connectivity index (χ0n) is 16.2. The highest BCUT2D eigenvalue weighted by Gasteiger charge is 2.34. The Kier molecular flexibility index (Phi) is 5.20. The highest BCUT2D eigenvalue weighted by Crippen LogP contribution is 2.30. The molecule has 150 valence electrons. The first-order valence-corrected chi connectivity index (χ1v) is 9.42. The Bertz CT molecular complexity index is 1170. The van der Waals surface area contributed by atoms with E-state index in [2.05, 4.69) is 15.0 Å². The summed E-state index contributed by atoms with van der Waals surface area (Å²) < 4.78 is 5.14. The van der Waals surface area contributed by atoms with Gasteiger partial charge in [-0.05, 0) is 36.8 Å². The second-order valence-electron chi connectivity index (χ2n) is 6.53. The minimum atomic E-state index is -0.387. The fraction of sp³-hybridized carbons (Fsp3) is 0.0909. The van der Waals surface area contributed by atoms with Crippen LogP contribution in [0.2, 0.25) is 5.15 Å². The molecule has 0 unspecified atom stereocenters. The van der Waals surface area contributed by atoms with Crippen LogP contribution in [-0.2, 0) is 4.79 Å². The monoisotopic (exact) mass is 420 g/mol. The molecule has 0 saturated carbocycles. The maximum Gasteiger partial charge on any atom is 0.285 e. The number of aromatic nitrogens is 2. The molecule has 0 bridgehead atoms. The van der Waals surface area contributed by atoms with E-state index >= 15 is 0 Å². The van der Waals surface area contributed by atoms with E-state index in [9.17, 15) is 9.90 Å². The number of hydrogen-bond donors (Lipinski definition) is 1. The first-order valence-electron chi connectivity index (χ1n) is 9.04. The summed E-state index contributed by atoms with van der Waals surface area (Å²) in [6.07, 6.45) is 1.62. The summed E-state index contributed by atoms with van der Waals surface area (Å²) >= 11 is 6.10. The number of aromatic hydroxyl groups is 1. The average Bonchev–Trinajstić information content (AvgIpc) is 3.05. The first-order chi connectivity index (χ1) is 14.5. The van der Waals surface area contributed by atoms with Crippen LogP contribution < -0.4 is 9.64 Å². The van der Waals surface area contributed by atoms with Crippen molar-refractivity contribution in [2.45, 2.75) is 6.92 Å². The zero-order chi connectivity index (χ0) is 21.3. The zero-order valence-corrected chi connectivity index (χ0v) is 17.0. The van der Waals surface area contributed by atoms with Gasteiger partial charge in [-0.2, -0.15) is 0 Å². The summed E-state index contributed by atoms with van der Waals surface area (Å²) in [5.74, 6) is 0.476. The summed E-state index contributed by atoms with van der Waals surface area (Å²) in [5.41, 5.74) is 2.21. The van der Waals surface area contributed by atoms with Gasteiger partial charge in [-0.15, -0.1) is 0 Å². The Morgan fingerprint density at radius 2 is 1.87 bits per heavy atom. The number of benzene rings is 2. The summed E-state index contributed by atoms with van der Waals surface area (Å²) in [5, 5.41) is 10.0. The van der Waals surface area contributed by atoms with Crippen molar-refractivity contribution in [1.29, 1.82) is 0 Å². The highest BCUT2D eigenvalue weighted by molar-refractivity contribution is 6.33. The highest BCUT2D eigenvalue weighted by atomic mass is 35.5. The van der Waals surface area contributed by atoms with Crippen LogP contribution in [0, 0.1) is 6.92 Å². The fourth-order valence-corrected chi connectivity index (χ4v) is 3.27. The van der Waals surface area contributed by atoms with E-state index in [-0.39, 0.29) is 28.5 Å². The lowest BCUT2D eigenvalue weighted by molar-refractivity contribution is -0.113. The number of aryl methyl sites for hydroxylation is 1. The fourth-order valence-electron chi connectivity index (χ4n) is 3.04. The predicted molar refractivity (Wildman–Crippen MR) is 115 cm³/mol. The van der Waals surface area contributed by atoms with Crippen LogP contribution in [0.25, 0.3) is 6.08 Å². The Morgan fingerprint density at radius 1 is 1.10 bits per heavy atom. The van der Waals surface area contributed by atoms with Crippen LogP contribution in [0.4, 0.5) is 5.95 Å². The maximum absolute atomic E-state index is 13.3. The van der Waals surface area contributed by atoms with Gasteiger partial charge < -0.3 is 9.84 Å². The van der Waals surface area contributed by atoms with Gasteiger partial charge in [0.2, 0.25) is 5.95 Å². The predicted octanol–water partition coefficient (Wildman–Crippen LogP) is 3.99. The number of aliphatic imine (C=N–C) groups is 1. The smallest absolute Gasteiger partial charge is 0.285 e. The van der Waals surface area contributed by atoms with Crippen LogP contribution in [0.5, 0.6) is 11.5 Å². The molecule has 1 aliphatic heterocycles. The molecule has 2 heterocycles. The molecule has 1 N–H and O–H groups in total. The van der Waals surface area contributed by atoms with Crippen LogP contribution in [0.15, 0.2) is 65.3 Å². The summed E-state index contributed by atoms with van der Waals surface area (Å²) in [7, 11) is 1.46. The van der Waals surface area contributed by atoms with Crippen LogP contribution in [0.1, 0.15) is 16.8 Å². The van der Waals surface area contributed by atoms with Crippen molar-refractivity contribution >= 4 is 35.4 Å². The molecule has 0 aliphatic carbocycles. The first kappa shape index (κ1) is 19.6. The molecule has 0 radical (unpaired) electrons. The molecule has 3 aromatic rings. The van der Waals surface area contributed by atoms with Crippen molar-refractivity contribution in [2.24, 2.45) is 4.99 Å². The van der Waals surface area contributed by atoms with E-state index < -0.39 is 0 Å². The van der Waals surface area contributed by atoms with E-state index in [1.54, 1.807) is 31.2 Å². The summed E-state index contributed by atoms with van der Waals surface area (Å²) in [4.78, 5) is 27.8. The molecular weight excluding hydrogens is 404 g/mol. The number of carbonyl (C=O) groups is 1. The van der Waals surface area contributed by atoms with Crippen LogP contribution >= 0.6 is 11.6 Å². The molecular formula is C22H17ClN4O3. The standard InChI is InChI=1S/C22H17ClN4O3/c1-13-10-19(23)26-22(24-13)27-20(15-6-4-3-5-7-15)25-16(21(27)29)11-14-8-9-17(28)18(12-14)30-2/h3-12,28H,1-2H3/b16-11+. The molecule has 8 heteroatoms. The van der Waals surface area contributed by atoms with E-state index in [0.29, 0.717) is 22.8 Å². The number of nitrogens with zero attached hydrogens (tertiary/aromatic N) is 4. The molecule has 1 aromatic heterocycles. The van der Waals surface area contributed by atoms with Gasteiger partial charge in [0.05, 0.1) is 7.11 Å². The van der Waals surface area contributed by atoms with Gasteiger partial charge in [-0.3, -0.25) is 4.79 Å². The number of ether oxygens (including phenoxy) is 1. The largest absolute Gasteiger partial charge is 0.504 e. The van der Waals surface area contributed by atoms with Gasteiger partial charge in [0, 0.05) is 11.3 Å². The quantitative estimate of drug-likeness (QED) is 0.509. The number of anilines is 1. The topological polar surface area (TPSA) is 87.9 Å². The van der Waals surface area contributed by atoms with Gasteiger partial charge in [-0.1, -0.05) is 48.0 Å². The molecule has 30 heavy (non-hydrogen) atoms. The van der Waals surface area contributed by atoms with E-state index in [4.69, 9.17) is 16.3 Å². The van der Waals surface area contributed by atoms with Crippen molar-refractivity contribution in [3.05, 3.63) is 82.3 Å². The number of phenolic OH excluding ortho intramolecular Hbond substituents is 1. The minimum absolute atomic E-state index is 0.00954. The third kappa shape index (κ3) is 3.75. The molecule has 2 aromatic carbocycles. The molecule has 1 amide bonds. The van der Waals surface area contributed by atoms with E-state index in [1.165, 1.54) is 18.1 Å². The Labute approximate surface area is 178 Å². The molecule has 0 spiro atoms. The van der Waals surface area contributed by atoms with Gasteiger partial charge >= 0.3 is 0 Å². The Balaban J connectivity index is 1.84. The van der Waals surface area contributed by atoms with Gasteiger partial charge in [0.15, 0.2) is 17.3 Å². The Hall–Kier alpha value is -3.71. The SMILES string of the molecule is COc1cc(/C=C2/N=C(c3ccccc3)N(c3nc(C)cc(Cl)n3)C2=O)ccc1O. The number of carbonyl (C=O) groups excluding carboxylic acids is 1. The third-order valence-electron chi connectivity index (χ3n) is 4.41. The number of amidine groups is 1. The number of halogens is 1. The number of phenols is 1. The molecule has 1 aliphatic rings. The second-order valence-corrected chi connectivity index (χ2v) is 6.92. The van der Waals surface area contributed by atoms with Gasteiger partial charge in [0.1, 0.15) is 10.9 Å². The molecule has 0 saturated heterocycles. The van der Waals surface area contributed by atoms with Gasteiger partial charge in [0.25, 0.3) is 5.91 Å². The molecule has 7 nitrogen and oxygen atoms in total. The van der Waals surface area contributed by atoms with Crippen molar-refractivity contribution in [3.8, 4) is 11.5 Å². The van der Waals surface area contributed by atoms with Crippen LogP contribution in [-0.4, -0.2) is 33.9 Å². The van der Waals surface area contributed by atoms with E-state index in [0.717, 1.165) is 5.56 Å². The van der Waals surface area contributed by atoms with Crippen molar-refractivity contribution in [3.63, 3.8) is 0 Å². The second kappa shape index (κ2) is 7.96. The van der Waals surface area contributed by atoms with Gasteiger partial charge in [-0.25, -0.2) is 19.9 Å². The number of amides is 1. The molecule has 0 fully saturated rings. The molecule has 4 rings (SSSR count). The number of hydrogen-bond acceptors (Lipinski definition) is 6. The Morgan fingerprint density at radius 3 is 2.57 bits per heavy atom. The van der Waals surface area contributed by atoms with Crippen molar-refractivity contribution < 1.29 is 14.6 Å². The normalized spacial score (nSPS) is 14.9. The van der Waals surface area contributed by atoms with Crippen molar-refractivity contribution in [1.82, 2.24) is 9.97 Å².